The number of ether oxygens (including phenoxy) is 3. The number of nitrogens with two attached hydrogens (primary N) is 1. The van der Waals surface area contributed by atoms with Crippen molar-refractivity contribution in [3.63, 3.8) is 0 Å². The number of rotatable bonds is 6. The van der Waals surface area contributed by atoms with Gasteiger partial charge in [-0.15, -0.1) is 0 Å². The number of carbonyl (C=O) groups is 1. The van der Waals surface area contributed by atoms with Gasteiger partial charge < -0.3 is 25.2 Å². The number of hydrazone groups is 1. The van der Waals surface area contributed by atoms with E-state index in [1.54, 1.807) is 12.1 Å². The van der Waals surface area contributed by atoms with Crippen LogP contribution in [-0.2, 0) is 4.79 Å². The van der Waals surface area contributed by atoms with Crippen LogP contribution < -0.4 is 20.1 Å². The lowest BCUT2D eigenvalue weighted by Crippen LogP contribution is -2.23. The van der Waals surface area contributed by atoms with E-state index < -0.39 is 12.1 Å². The molecular weight excluding hydrogens is 252 g/mol. The van der Waals surface area contributed by atoms with Crippen molar-refractivity contribution in [1.29, 1.82) is 0 Å². The molecular formula is C12H16N2O5. The second-order valence-corrected chi connectivity index (χ2v) is 3.63. The van der Waals surface area contributed by atoms with Crippen molar-refractivity contribution < 1.29 is 24.1 Å². The Labute approximate surface area is 110 Å². The van der Waals surface area contributed by atoms with Crippen molar-refractivity contribution >= 4 is 12.2 Å². The van der Waals surface area contributed by atoms with E-state index in [9.17, 15) is 4.79 Å². The smallest absolute Gasteiger partial charge is 0.344 e. The van der Waals surface area contributed by atoms with Gasteiger partial charge in [-0.3, -0.25) is 0 Å². The van der Waals surface area contributed by atoms with Gasteiger partial charge in [-0.1, -0.05) is 0 Å². The first-order valence-electron chi connectivity index (χ1n) is 5.42. The summed E-state index contributed by atoms with van der Waals surface area (Å²) in [6.45, 7) is 1.41. The Morgan fingerprint density at radius 2 is 1.89 bits per heavy atom. The number of hydrogen-bond acceptors (Lipinski definition) is 6. The Bertz CT molecular complexity index is 462. The predicted molar refractivity (Wildman–Crippen MR) is 69.1 cm³/mol. The van der Waals surface area contributed by atoms with Crippen molar-refractivity contribution in [1.82, 2.24) is 0 Å². The Morgan fingerprint density at radius 3 is 2.26 bits per heavy atom. The van der Waals surface area contributed by atoms with Gasteiger partial charge in [0.25, 0.3) is 0 Å². The maximum Gasteiger partial charge on any atom is 0.344 e. The maximum atomic E-state index is 10.8. The van der Waals surface area contributed by atoms with Crippen LogP contribution >= 0.6 is 0 Å². The molecule has 0 bridgehead atoms. The molecule has 0 aliphatic carbocycles. The molecule has 1 rings (SSSR count). The lowest BCUT2D eigenvalue weighted by atomic mass is 10.2. The Hall–Kier alpha value is -2.44. The molecule has 1 unspecified atom stereocenters. The van der Waals surface area contributed by atoms with Crippen LogP contribution in [0.1, 0.15) is 12.5 Å². The van der Waals surface area contributed by atoms with Gasteiger partial charge in [-0.05, 0) is 19.1 Å². The molecule has 0 aliphatic heterocycles. The van der Waals surface area contributed by atoms with Gasteiger partial charge in [0.05, 0.1) is 20.4 Å². The minimum absolute atomic E-state index is 0.217. The van der Waals surface area contributed by atoms with E-state index in [-0.39, 0.29) is 5.75 Å². The molecule has 1 aromatic rings. The molecule has 0 heterocycles. The molecule has 19 heavy (non-hydrogen) atoms. The zero-order valence-electron chi connectivity index (χ0n) is 10.9. The predicted octanol–water partition coefficient (Wildman–Crippen LogP) is 0.848. The summed E-state index contributed by atoms with van der Waals surface area (Å²) in [6.07, 6.45) is 0.381. The molecule has 104 valence electrons. The first-order chi connectivity index (χ1) is 9.03. The first-order valence-corrected chi connectivity index (χ1v) is 5.42. The molecule has 3 N–H and O–H groups in total. The fraction of sp³-hybridized carbons (Fsp3) is 0.333. The van der Waals surface area contributed by atoms with E-state index in [1.165, 1.54) is 27.4 Å². The van der Waals surface area contributed by atoms with Crippen LogP contribution in [0.25, 0.3) is 0 Å². The molecule has 0 spiro atoms. The Balaban J connectivity index is 3.24. The second-order valence-electron chi connectivity index (χ2n) is 3.63. The fourth-order valence-electron chi connectivity index (χ4n) is 1.40. The van der Waals surface area contributed by atoms with Crippen molar-refractivity contribution in [2.24, 2.45) is 10.9 Å². The van der Waals surface area contributed by atoms with Crippen molar-refractivity contribution in [3.8, 4) is 17.2 Å². The normalized spacial score (nSPS) is 12.2. The second kappa shape index (κ2) is 6.48. The highest BCUT2D eigenvalue weighted by atomic mass is 16.6. The van der Waals surface area contributed by atoms with Crippen LogP contribution in [0.15, 0.2) is 17.2 Å². The topological polar surface area (TPSA) is 103 Å². The summed E-state index contributed by atoms with van der Waals surface area (Å²) < 4.78 is 15.6. The maximum absolute atomic E-state index is 10.8. The molecule has 1 atom stereocenters. The van der Waals surface area contributed by atoms with Crippen LogP contribution in [0.3, 0.4) is 0 Å². The number of methoxy groups -OCH3 is 2. The number of nitrogens with zero attached hydrogens (tertiary/aromatic N) is 1. The molecule has 1 aromatic carbocycles. The Morgan fingerprint density at radius 1 is 1.37 bits per heavy atom. The van der Waals surface area contributed by atoms with Crippen molar-refractivity contribution in [2.45, 2.75) is 13.0 Å². The number of carboxylic acids is 1. The zero-order valence-corrected chi connectivity index (χ0v) is 10.9. The molecule has 0 aliphatic rings. The SMILES string of the molecule is COc1cc(C=NN)cc(OC)c1OC(C)C(=O)O. The molecule has 0 saturated carbocycles. The van der Waals surface area contributed by atoms with E-state index in [1.807, 2.05) is 0 Å². The highest BCUT2D eigenvalue weighted by Gasteiger charge is 2.20. The molecule has 7 nitrogen and oxygen atoms in total. The monoisotopic (exact) mass is 268 g/mol. The number of carboxylic acid groups (broad SMARTS) is 1. The summed E-state index contributed by atoms with van der Waals surface area (Å²) in [5, 5.41) is 12.3. The highest BCUT2D eigenvalue weighted by molar-refractivity contribution is 5.82. The van der Waals surface area contributed by atoms with Crippen LogP contribution in [0.5, 0.6) is 17.2 Å². The van der Waals surface area contributed by atoms with Gasteiger partial charge in [0.15, 0.2) is 17.6 Å². The van der Waals surface area contributed by atoms with Crippen LogP contribution in [0, 0.1) is 0 Å². The lowest BCUT2D eigenvalue weighted by molar-refractivity contribution is -0.144. The van der Waals surface area contributed by atoms with Gasteiger partial charge >= 0.3 is 5.97 Å². The van der Waals surface area contributed by atoms with Crippen LogP contribution in [-0.4, -0.2) is 37.6 Å². The summed E-state index contributed by atoms with van der Waals surface area (Å²) in [5.74, 6) is 4.88. The Kier molecular flexibility index (Phi) is 4.99. The van der Waals surface area contributed by atoms with E-state index in [0.717, 1.165) is 0 Å². The fourth-order valence-corrected chi connectivity index (χ4v) is 1.40. The van der Waals surface area contributed by atoms with Gasteiger partial charge in [-0.25, -0.2) is 4.79 Å². The number of benzene rings is 1. The van der Waals surface area contributed by atoms with E-state index in [4.69, 9.17) is 25.2 Å². The standard InChI is InChI=1S/C12H16N2O5/c1-7(12(15)16)19-11-9(17-2)4-8(6-14-13)5-10(11)18-3/h4-7H,13H2,1-3H3,(H,15,16). The third-order valence-electron chi connectivity index (χ3n) is 2.35. The molecule has 0 aromatic heterocycles. The average Bonchev–Trinajstić information content (AvgIpc) is 2.39. The lowest BCUT2D eigenvalue weighted by Gasteiger charge is -2.17. The number of hydrogen-bond donors (Lipinski definition) is 2. The summed E-state index contributed by atoms with van der Waals surface area (Å²) in [7, 11) is 2.88. The summed E-state index contributed by atoms with van der Waals surface area (Å²) in [4.78, 5) is 10.8. The quantitative estimate of drug-likeness (QED) is 0.450. The van der Waals surface area contributed by atoms with Crippen molar-refractivity contribution in [3.05, 3.63) is 17.7 Å². The molecule has 0 radical (unpaired) electrons. The van der Waals surface area contributed by atoms with Crippen molar-refractivity contribution in [2.75, 3.05) is 14.2 Å². The number of aliphatic carboxylic acids is 1. The van der Waals surface area contributed by atoms with Crippen LogP contribution in [0.4, 0.5) is 0 Å². The highest BCUT2D eigenvalue weighted by Crippen LogP contribution is 2.38. The third kappa shape index (κ3) is 3.51. The zero-order chi connectivity index (χ0) is 14.4. The average molecular weight is 268 g/mol. The molecule has 0 fully saturated rings. The minimum Gasteiger partial charge on any atom is -0.493 e. The van der Waals surface area contributed by atoms with Gasteiger partial charge in [-0.2, -0.15) is 5.10 Å². The minimum atomic E-state index is -1.09. The summed E-state index contributed by atoms with van der Waals surface area (Å²) in [6, 6.07) is 3.23. The van der Waals surface area contributed by atoms with E-state index >= 15 is 0 Å². The largest absolute Gasteiger partial charge is 0.493 e. The molecule has 0 amide bonds. The summed E-state index contributed by atoms with van der Waals surface area (Å²) >= 11 is 0. The van der Waals surface area contributed by atoms with E-state index in [2.05, 4.69) is 5.10 Å². The van der Waals surface area contributed by atoms with Crippen LogP contribution in [0.2, 0.25) is 0 Å². The molecule has 7 heteroatoms. The van der Waals surface area contributed by atoms with Gasteiger partial charge in [0, 0.05) is 5.56 Å². The van der Waals surface area contributed by atoms with E-state index in [0.29, 0.717) is 17.1 Å². The van der Waals surface area contributed by atoms with Gasteiger partial charge in [0.2, 0.25) is 5.75 Å². The summed E-state index contributed by atoms with van der Waals surface area (Å²) in [5.41, 5.74) is 0.645. The third-order valence-corrected chi connectivity index (χ3v) is 2.35. The first kappa shape index (κ1) is 14.6. The molecule has 0 saturated heterocycles. The van der Waals surface area contributed by atoms with Gasteiger partial charge in [0.1, 0.15) is 0 Å².